The molecular formula is C6H6ClFN2. The van der Waals surface area contributed by atoms with E-state index in [4.69, 9.17) is 17.3 Å². The van der Waals surface area contributed by atoms with Crippen LogP contribution < -0.4 is 5.73 Å². The SMILES string of the molecule is Cc1c(F)cnc(N)c1Cl. The molecule has 0 aromatic carbocycles. The third-order valence-corrected chi connectivity index (χ3v) is 1.71. The Morgan fingerprint density at radius 1 is 1.70 bits per heavy atom. The molecule has 0 spiro atoms. The molecular weight excluding hydrogens is 155 g/mol. The quantitative estimate of drug-likeness (QED) is 0.628. The van der Waals surface area contributed by atoms with Crippen LogP contribution in [0.15, 0.2) is 6.20 Å². The fourth-order valence-electron chi connectivity index (χ4n) is 0.577. The molecule has 1 aromatic rings. The summed E-state index contributed by atoms with van der Waals surface area (Å²) in [7, 11) is 0. The van der Waals surface area contributed by atoms with Crippen LogP contribution in [0.25, 0.3) is 0 Å². The van der Waals surface area contributed by atoms with Crippen LogP contribution in [0.2, 0.25) is 5.02 Å². The first-order chi connectivity index (χ1) is 4.63. The molecule has 0 saturated heterocycles. The minimum absolute atomic E-state index is 0.167. The van der Waals surface area contributed by atoms with Crippen LogP contribution >= 0.6 is 11.6 Å². The Bertz CT molecular complexity index is 235. The molecule has 0 bridgehead atoms. The van der Waals surface area contributed by atoms with Crippen molar-refractivity contribution in [3.8, 4) is 0 Å². The van der Waals surface area contributed by atoms with Crippen molar-refractivity contribution in [3.05, 3.63) is 22.6 Å². The molecule has 2 nitrogen and oxygen atoms in total. The summed E-state index contributed by atoms with van der Waals surface area (Å²) in [4.78, 5) is 3.51. The van der Waals surface area contributed by atoms with Gasteiger partial charge in [0, 0.05) is 5.56 Å². The minimum Gasteiger partial charge on any atom is -0.382 e. The lowest BCUT2D eigenvalue weighted by Crippen LogP contribution is -1.95. The summed E-state index contributed by atoms with van der Waals surface area (Å²) in [5, 5.41) is 0.194. The number of nitrogens with two attached hydrogens (primary N) is 1. The van der Waals surface area contributed by atoms with Crippen LogP contribution in [0.3, 0.4) is 0 Å². The van der Waals surface area contributed by atoms with Gasteiger partial charge in [-0.15, -0.1) is 0 Å². The average molecular weight is 161 g/mol. The van der Waals surface area contributed by atoms with E-state index >= 15 is 0 Å². The van der Waals surface area contributed by atoms with Crippen LogP contribution in [0, 0.1) is 12.7 Å². The highest BCUT2D eigenvalue weighted by atomic mass is 35.5. The van der Waals surface area contributed by atoms with Gasteiger partial charge in [0.25, 0.3) is 0 Å². The highest BCUT2D eigenvalue weighted by Gasteiger charge is 2.05. The van der Waals surface area contributed by atoms with E-state index in [1.54, 1.807) is 6.92 Å². The van der Waals surface area contributed by atoms with Crippen LogP contribution in [0.4, 0.5) is 10.2 Å². The molecule has 0 atom stereocenters. The summed E-state index contributed by atoms with van der Waals surface area (Å²) in [5.74, 6) is -0.264. The Labute approximate surface area is 62.8 Å². The van der Waals surface area contributed by atoms with Crippen molar-refractivity contribution in [2.45, 2.75) is 6.92 Å². The second-order valence-corrected chi connectivity index (χ2v) is 2.31. The summed E-state index contributed by atoms with van der Waals surface area (Å²) in [6, 6.07) is 0. The number of aromatic nitrogens is 1. The summed E-state index contributed by atoms with van der Waals surface area (Å²) < 4.78 is 12.6. The van der Waals surface area contributed by atoms with E-state index < -0.39 is 5.82 Å². The molecule has 0 fully saturated rings. The number of nitrogens with zero attached hydrogens (tertiary/aromatic N) is 1. The molecule has 0 aliphatic carbocycles. The Balaban J connectivity index is 3.34. The number of hydrogen-bond donors (Lipinski definition) is 1. The first-order valence-electron chi connectivity index (χ1n) is 2.69. The molecule has 0 radical (unpaired) electrons. The molecule has 2 N–H and O–H groups in total. The third-order valence-electron chi connectivity index (χ3n) is 1.23. The Kier molecular flexibility index (Phi) is 1.76. The number of pyridine rings is 1. The lowest BCUT2D eigenvalue weighted by Gasteiger charge is -2.00. The Morgan fingerprint density at radius 3 is 2.80 bits per heavy atom. The largest absolute Gasteiger partial charge is 0.382 e. The van der Waals surface area contributed by atoms with Gasteiger partial charge in [0.2, 0.25) is 0 Å². The van der Waals surface area contributed by atoms with E-state index in [1.165, 1.54) is 0 Å². The highest BCUT2D eigenvalue weighted by molar-refractivity contribution is 6.33. The van der Waals surface area contributed by atoms with Crippen LogP contribution in [-0.2, 0) is 0 Å². The number of halogens is 2. The molecule has 1 heterocycles. The van der Waals surface area contributed by atoms with Gasteiger partial charge in [-0.2, -0.15) is 0 Å². The van der Waals surface area contributed by atoms with Crippen molar-refractivity contribution >= 4 is 17.4 Å². The van der Waals surface area contributed by atoms with Crippen LogP contribution in [0.1, 0.15) is 5.56 Å². The average Bonchev–Trinajstić information content (AvgIpc) is 1.93. The molecule has 0 amide bonds. The van der Waals surface area contributed by atoms with Gasteiger partial charge < -0.3 is 5.73 Å². The van der Waals surface area contributed by atoms with Gasteiger partial charge in [-0.1, -0.05) is 11.6 Å². The number of hydrogen-bond acceptors (Lipinski definition) is 2. The molecule has 1 aromatic heterocycles. The normalized spacial score (nSPS) is 9.90. The van der Waals surface area contributed by atoms with Gasteiger partial charge in [0.05, 0.1) is 11.2 Å². The summed E-state index contributed by atoms with van der Waals surface area (Å²) in [6.45, 7) is 1.55. The second kappa shape index (κ2) is 2.42. The van der Waals surface area contributed by atoms with E-state index in [0.717, 1.165) is 6.20 Å². The van der Waals surface area contributed by atoms with Crippen molar-refractivity contribution in [3.63, 3.8) is 0 Å². The topological polar surface area (TPSA) is 38.9 Å². The van der Waals surface area contributed by atoms with Gasteiger partial charge >= 0.3 is 0 Å². The fourth-order valence-corrected chi connectivity index (χ4v) is 0.716. The van der Waals surface area contributed by atoms with E-state index in [0.29, 0.717) is 5.56 Å². The van der Waals surface area contributed by atoms with Gasteiger partial charge in [0.15, 0.2) is 0 Å². The molecule has 0 unspecified atom stereocenters. The van der Waals surface area contributed by atoms with Gasteiger partial charge in [-0.25, -0.2) is 9.37 Å². The monoisotopic (exact) mass is 160 g/mol. The zero-order chi connectivity index (χ0) is 7.72. The van der Waals surface area contributed by atoms with Crippen LogP contribution in [-0.4, -0.2) is 4.98 Å². The Morgan fingerprint density at radius 2 is 2.30 bits per heavy atom. The maximum atomic E-state index is 12.6. The molecule has 0 aliphatic heterocycles. The minimum atomic E-state index is -0.431. The van der Waals surface area contributed by atoms with Crippen LogP contribution in [0.5, 0.6) is 0 Å². The van der Waals surface area contributed by atoms with Crippen molar-refractivity contribution in [1.29, 1.82) is 0 Å². The van der Waals surface area contributed by atoms with Gasteiger partial charge in [-0.3, -0.25) is 0 Å². The highest BCUT2D eigenvalue weighted by Crippen LogP contribution is 2.21. The number of rotatable bonds is 0. The smallest absolute Gasteiger partial charge is 0.146 e. The fraction of sp³-hybridized carbons (Fsp3) is 0.167. The molecule has 10 heavy (non-hydrogen) atoms. The van der Waals surface area contributed by atoms with E-state index in [1.807, 2.05) is 0 Å². The molecule has 54 valence electrons. The van der Waals surface area contributed by atoms with E-state index in [-0.39, 0.29) is 10.8 Å². The lowest BCUT2D eigenvalue weighted by atomic mass is 10.3. The first kappa shape index (κ1) is 7.28. The lowest BCUT2D eigenvalue weighted by molar-refractivity contribution is 0.612. The maximum Gasteiger partial charge on any atom is 0.146 e. The molecule has 0 saturated carbocycles. The molecule has 1 rings (SSSR count). The standard InChI is InChI=1S/C6H6ClFN2/c1-3-4(8)2-10-6(9)5(3)7/h2H,1H3,(H2,9,10). The van der Waals surface area contributed by atoms with Crippen molar-refractivity contribution in [2.24, 2.45) is 0 Å². The van der Waals surface area contributed by atoms with Crippen molar-refractivity contribution in [1.82, 2.24) is 4.98 Å². The number of nitrogen functional groups attached to an aromatic ring is 1. The molecule has 4 heteroatoms. The molecule has 0 aliphatic rings. The van der Waals surface area contributed by atoms with Crippen molar-refractivity contribution < 1.29 is 4.39 Å². The third kappa shape index (κ3) is 1.04. The zero-order valence-corrected chi connectivity index (χ0v) is 6.11. The summed E-state index contributed by atoms with van der Waals surface area (Å²) in [6.07, 6.45) is 1.05. The predicted molar refractivity (Wildman–Crippen MR) is 38.4 cm³/mol. The summed E-state index contributed by atoms with van der Waals surface area (Å²) >= 11 is 5.56. The predicted octanol–water partition coefficient (Wildman–Crippen LogP) is 1.76. The van der Waals surface area contributed by atoms with E-state index in [2.05, 4.69) is 4.98 Å². The van der Waals surface area contributed by atoms with Gasteiger partial charge in [0.1, 0.15) is 11.6 Å². The maximum absolute atomic E-state index is 12.6. The zero-order valence-electron chi connectivity index (χ0n) is 5.36. The van der Waals surface area contributed by atoms with Crippen molar-refractivity contribution in [2.75, 3.05) is 5.73 Å². The first-order valence-corrected chi connectivity index (χ1v) is 3.07. The number of anilines is 1. The Hall–Kier alpha value is -0.830. The van der Waals surface area contributed by atoms with Gasteiger partial charge in [-0.05, 0) is 6.92 Å². The van der Waals surface area contributed by atoms with E-state index in [9.17, 15) is 4.39 Å². The second-order valence-electron chi connectivity index (χ2n) is 1.93. The summed E-state index contributed by atoms with van der Waals surface area (Å²) in [5.41, 5.74) is 5.62.